The largest absolute Gasteiger partial charge is 0.484 e. The Hall–Kier alpha value is -1.24. The average molecular weight is 509 g/mol. The molecule has 0 amide bonds. The van der Waals surface area contributed by atoms with E-state index in [2.05, 4.69) is 20.4 Å². The van der Waals surface area contributed by atoms with Crippen molar-refractivity contribution in [2.45, 2.75) is 19.6 Å². The molecule has 0 aliphatic carbocycles. The molecule has 11 heteroatoms. The summed E-state index contributed by atoms with van der Waals surface area (Å²) < 4.78 is 63.7. The molecule has 26 heavy (non-hydrogen) atoms. The minimum Gasteiger partial charge on any atom is -0.484 e. The van der Waals surface area contributed by atoms with E-state index in [1.165, 1.54) is 12.1 Å². The van der Waals surface area contributed by atoms with Crippen molar-refractivity contribution in [2.75, 3.05) is 31.7 Å². The first-order valence-electron chi connectivity index (χ1n) is 7.58. The molecule has 0 atom stereocenters. The SMILES string of the molecule is CCS(=O)(=O)CCNC(=NC)NCc1ccc(OCC(F)(F)F)cc1.I. The van der Waals surface area contributed by atoms with Gasteiger partial charge in [-0.15, -0.1) is 24.0 Å². The minimum atomic E-state index is -4.37. The van der Waals surface area contributed by atoms with Crippen molar-refractivity contribution in [3.05, 3.63) is 29.8 Å². The van der Waals surface area contributed by atoms with Crippen LogP contribution in [0.15, 0.2) is 29.3 Å². The zero-order chi connectivity index (χ0) is 18.9. The number of nitrogens with one attached hydrogen (secondary N) is 2. The molecule has 0 radical (unpaired) electrons. The topological polar surface area (TPSA) is 79.8 Å². The second-order valence-corrected chi connectivity index (χ2v) is 7.61. The molecule has 1 rings (SSSR count). The fourth-order valence-electron chi connectivity index (χ4n) is 1.74. The predicted octanol–water partition coefficient (Wildman–Crippen LogP) is 2.35. The number of sulfone groups is 1. The zero-order valence-corrected chi connectivity index (χ0v) is 17.6. The number of aliphatic imine (C=N–C) groups is 1. The van der Waals surface area contributed by atoms with Crippen molar-refractivity contribution >= 4 is 39.8 Å². The third-order valence-corrected chi connectivity index (χ3v) is 4.86. The van der Waals surface area contributed by atoms with Gasteiger partial charge in [0.1, 0.15) is 5.75 Å². The van der Waals surface area contributed by atoms with E-state index in [0.29, 0.717) is 12.5 Å². The Kier molecular flexibility index (Phi) is 10.9. The quantitative estimate of drug-likeness (QED) is 0.320. The van der Waals surface area contributed by atoms with E-state index >= 15 is 0 Å². The molecule has 150 valence electrons. The molecule has 0 heterocycles. The summed E-state index contributed by atoms with van der Waals surface area (Å²) in [5.41, 5.74) is 0.809. The summed E-state index contributed by atoms with van der Waals surface area (Å²) in [4.78, 5) is 3.97. The van der Waals surface area contributed by atoms with Crippen LogP contribution in [-0.4, -0.2) is 52.3 Å². The number of nitrogens with zero attached hydrogens (tertiary/aromatic N) is 1. The normalized spacial score (nSPS) is 12.3. The zero-order valence-electron chi connectivity index (χ0n) is 14.5. The average Bonchev–Trinajstić information content (AvgIpc) is 2.56. The van der Waals surface area contributed by atoms with Crippen molar-refractivity contribution in [1.29, 1.82) is 0 Å². The van der Waals surface area contributed by atoms with Crippen LogP contribution in [0.2, 0.25) is 0 Å². The van der Waals surface area contributed by atoms with Gasteiger partial charge < -0.3 is 15.4 Å². The van der Waals surface area contributed by atoms with Crippen LogP contribution in [0, 0.1) is 0 Å². The van der Waals surface area contributed by atoms with Crippen molar-refractivity contribution in [1.82, 2.24) is 10.6 Å². The van der Waals surface area contributed by atoms with E-state index in [4.69, 9.17) is 0 Å². The fraction of sp³-hybridized carbons (Fsp3) is 0.533. The lowest BCUT2D eigenvalue weighted by Crippen LogP contribution is -2.39. The van der Waals surface area contributed by atoms with Crippen LogP contribution in [0.1, 0.15) is 12.5 Å². The molecule has 0 aliphatic rings. The molecule has 0 fully saturated rings. The lowest BCUT2D eigenvalue weighted by Gasteiger charge is -2.12. The van der Waals surface area contributed by atoms with Crippen molar-refractivity contribution in [2.24, 2.45) is 4.99 Å². The van der Waals surface area contributed by atoms with Gasteiger partial charge in [-0.05, 0) is 17.7 Å². The predicted molar refractivity (Wildman–Crippen MR) is 106 cm³/mol. The number of hydrogen-bond donors (Lipinski definition) is 2. The van der Waals surface area contributed by atoms with Crippen LogP contribution >= 0.6 is 24.0 Å². The second kappa shape index (κ2) is 11.5. The van der Waals surface area contributed by atoms with Crippen LogP contribution in [0.25, 0.3) is 0 Å². The molecule has 1 aromatic rings. The number of alkyl halides is 3. The van der Waals surface area contributed by atoms with Crippen LogP contribution in [0.4, 0.5) is 13.2 Å². The Balaban J connectivity index is 0.00000625. The van der Waals surface area contributed by atoms with Gasteiger partial charge in [-0.3, -0.25) is 4.99 Å². The van der Waals surface area contributed by atoms with Gasteiger partial charge in [-0.25, -0.2) is 8.42 Å². The molecule has 0 bridgehead atoms. The van der Waals surface area contributed by atoms with E-state index in [9.17, 15) is 21.6 Å². The summed E-state index contributed by atoms with van der Waals surface area (Å²) >= 11 is 0. The smallest absolute Gasteiger partial charge is 0.422 e. The van der Waals surface area contributed by atoms with Crippen molar-refractivity contribution in [3.63, 3.8) is 0 Å². The molecule has 1 aromatic carbocycles. The summed E-state index contributed by atoms with van der Waals surface area (Å²) in [5.74, 6) is 0.663. The number of halogens is 4. The number of rotatable bonds is 8. The molecule has 0 unspecified atom stereocenters. The van der Waals surface area contributed by atoms with Crippen molar-refractivity contribution in [3.8, 4) is 5.75 Å². The molecule has 0 aromatic heterocycles. The molecule has 0 spiro atoms. The summed E-state index contributed by atoms with van der Waals surface area (Å²) in [7, 11) is -1.50. The number of guanidine groups is 1. The Labute approximate surface area is 168 Å². The highest BCUT2D eigenvalue weighted by atomic mass is 127. The van der Waals surface area contributed by atoms with Crippen LogP contribution < -0.4 is 15.4 Å². The van der Waals surface area contributed by atoms with E-state index < -0.39 is 22.6 Å². The molecule has 0 saturated carbocycles. The highest BCUT2D eigenvalue weighted by molar-refractivity contribution is 14.0. The van der Waals surface area contributed by atoms with Gasteiger partial charge in [0.15, 0.2) is 22.4 Å². The summed E-state index contributed by atoms with van der Waals surface area (Å²) in [6.07, 6.45) is -4.37. The second-order valence-electron chi connectivity index (χ2n) is 5.14. The third-order valence-electron chi connectivity index (χ3n) is 3.15. The first kappa shape index (κ1) is 24.8. The maximum absolute atomic E-state index is 12.1. The number of hydrogen-bond acceptors (Lipinski definition) is 4. The summed E-state index contributed by atoms with van der Waals surface area (Å²) in [5, 5.41) is 5.88. The van der Waals surface area contributed by atoms with Gasteiger partial charge >= 0.3 is 6.18 Å². The third kappa shape index (κ3) is 10.7. The number of benzene rings is 1. The fourth-order valence-corrected chi connectivity index (χ4v) is 2.45. The minimum absolute atomic E-state index is 0. The maximum atomic E-state index is 12.1. The van der Waals surface area contributed by atoms with Gasteiger partial charge in [-0.1, -0.05) is 19.1 Å². The molecular formula is C15H23F3IN3O3S. The molecule has 0 saturated heterocycles. The Morgan fingerprint density at radius 1 is 1.19 bits per heavy atom. The van der Waals surface area contributed by atoms with Gasteiger partial charge in [0, 0.05) is 25.9 Å². The van der Waals surface area contributed by atoms with E-state index in [-0.39, 0.29) is 47.8 Å². The van der Waals surface area contributed by atoms with Crippen LogP contribution in [0.5, 0.6) is 5.75 Å². The Morgan fingerprint density at radius 2 is 1.81 bits per heavy atom. The highest BCUT2D eigenvalue weighted by Gasteiger charge is 2.28. The van der Waals surface area contributed by atoms with Crippen LogP contribution in [0.3, 0.4) is 0 Å². The standard InChI is InChI=1S/C15H22F3N3O3S.HI/c1-3-25(22,23)9-8-20-14(19-2)21-10-12-4-6-13(7-5-12)24-11-15(16,17)18;/h4-7H,3,8-11H2,1-2H3,(H2,19,20,21);1H. The summed E-state index contributed by atoms with van der Waals surface area (Å²) in [6, 6.07) is 6.17. The Morgan fingerprint density at radius 3 is 2.31 bits per heavy atom. The monoisotopic (exact) mass is 509 g/mol. The van der Waals surface area contributed by atoms with Crippen molar-refractivity contribution < 1.29 is 26.3 Å². The molecule has 6 nitrogen and oxygen atoms in total. The van der Waals surface area contributed by atoms with E-state index in [0.717, 1.165) is 5.56 Å². The lowest BCUT2D eigenvalue weighted by molar-refractivity contribution is -0.153. The maximum Gasteiger partial charge on any atom is 0.422 e. The molecular weight excluding hydrogens is 486 g/mol. The lowest BCUT2D eigenvalue weighted by atomic mass is 10.2. The first-order valence-corrected chi connectivity index (χ1v) is 9.41. The first-order chi connectivity index (χ1) is 11.6. The van der Waals surface area contributed by atoms with Gasteiger partial charge in [0.2, 0.25) is 0 Å². The van der Waals surface area contributed by atoms with E-state index in [1.807, 2.05) is 0 Å². The molecule has 0 aliphatic heterocycles. The molecule has 2 N–H and O–H groups in total. The van der Waals surface area contributed by atoms with Gasteiger partial charge in [0.05, 0.1) is 5.75 Å². The highest BCUT2D eigenvalue weighted by Crippen LogP contribution is 2.18. The van der Waals surface area contributed by atoms with Gasteiger partial charge in [0.25, 0.3) is 0 Å². The van der Waals surface area contributed by atoms with Crippen LogP contribution in [-0.2, 0) is 16.4 Å². The van der Waals surface area contributed by atoms with E-state index in [1.54, 1.807) is 26.1 Å². The Bertz CT molecular complexity index is 665. The van der Waals surface area contributed by atoms with Gasteiger partial charge in [-0.2, -0.15) is 13.2 Å². The summed E-state index contributed by atoms with van der Waals surface area (Å²) in [6.45, 7) is 0.867. The number of ether oxygens (including phenoxy) is 1.